The molecule has 0 saturated carbocycles. The summed E-state index contributed by atoms with van der Waals surface area (Å²) in [5, 5.41) is 2.84. The number of hydrogen-bond acceptors (Lipinski definition) is 3. The Morgan fingerprint density at radius 2 is 1.62 bits per heavy atom. The van der Waals surface area contributed by atoms with Crippen LogP contribution in [0.4, 0.5) is 10.5 Å². The number of nitrogens with one attached hydrogen (secondary N) is 1. The van der Waals surface area contributed by atoms with E-state index in [1.54, 1.807) is 35.2 Å². The number of urea groups is 1. The Morgan fingerprint density at radius 1 is 1.00 bits per heavy atom. The van der Waals surface area contributed by atoms with Crippen molar-refractivity contribution in [1.29, 1.82) is 0 Å². The highest BCUT2D eigenvalue weighted by atomic mass is 79.9. The molecule has 6 nitrogen and oxygen atoms in total. The van der Waals surface area contributed by atoms with E-state index in [1.807, 2.05) is 25.1 Å². The lowest BCUT2D eigenvalue weighted by molar-refractivity contribution is 0.184. The first-order valence-electron chi connectivity index (χ1n) is 8.25. The Balaban J connectivity index is 1.62. The molecule has 0 atom stereocenters. The van der Waals surface area contributed by atoms with E-state index >= 15 is 0 Å². The summed E-state index contributed by atoms with van der Waals surface area (Å²) in [5.74, 6) is 0. The summed E-state index contributed by atoms with van der Waals surface area (Å²) in [6.07, 6.45) is 0. The van der Waals surface area contributed by atoms with Gasteiger partial charge < -0.3 is 10.2 Å². The molecule has 0 unspecified atom stereocenters. The lowest BCUT2D eigenvalue weighted by Gasteiger charge is -2.34. The highest BCUT2D eigenvalue weighted by Gasteiger charge is 2.30. The Hall–Kier alpha value is -1.90. The fourth-order valence-electron chi connectivity index (χ4n) is 2.75. The zero-order valence-electron chi connectivity index (χ0n) is 14.4. The van der Waals surface area contributed by atoms with Crippen LogP contribution in [-0.2, 0) is 10.0 Å². The first-order valence-corrected chi connectivity index (χ1v) is 10.5. The van der Waals surface area contributed by atoms with Gasteiger partial charge in [0.25, 0.3) is 0 Å². The summed E-state index contributed by atoms with van der Waals surface area (Å²) in [4.78, 5) is 14.3. The van der Waals surface area contributed by atoms with Gasteiger partial charge in [-0.1, -0.05) is 29.8 Å². The molecule has 2 aromatic rings. The zero-order valence-corrected chi connectivity index (χ0v) is 16.8. The maximum absolute atomic E-state index is 12.7. The van der Waals surface area contributed by atoms with Gasteiger partial charge in [-0.15, -0.1) is 0 Å². The van der Waals surface area contributed by atoms with E-state index in [0.717, 1.165) is 10.0 Å². The fraction of sp³-hybridized carbons (Fsp3) is 0.278. The van der Waals surface area contributed by atoms with Gasteiger partial charge in [0, 0.05) is 30.7 Å². The normalized spacial score (nSPS) is 15.7. The second-order valence-corrected chi connectivity index (χ2v) is 8.91. The molecule has 8 heteroatoms. The van der Waals surface area contributed by atoms with Gasteiger partial charge in [0.05, 0.1) is 10.6 Å². The Labute approximate surface area is 162 Å². The van der Waals surface area contributed by atoms with Gasteiger partial charge in [0.2, 0.25) is 10.0 Å². The summed E-state index contributed by atoms with van der Waals surface area (Å²) in [6, 6.07) is 13.9. The SMILES string of the molecule is Cc1ccc(S(=O)(=O)N2CCN(C(=O)Nc3ccccc3Br)CC2)cc1. The van der Waals surface area contributed by atoms with Gasteiger partial charge >= 0.3 is 6.03 Å². The number of rotatable bonds is 3. The average Bonchev–Trinajstić information content (AvgIpc) is 2.64. The molecule has 138 valence electrons. The Bertz CT molecular complexity index is 892. The van der Waals surface area contributed by atoms with Crippen molar-refractivity contribution in [1.82, 2.24) is 9.21 Å². The number of halogens is 1. The smallest absolute Gasteiger partial charge is 0.321 e. The molecule has 1 saturated heterocycles. The standard InChI is InChI=1S/C18H20BrN3O3S/c1-14-6-8-15(9-7-14)26(24,25)22-12-10-21(11-13-22)18(23)20-17-5-3-2-4-16(17)19/h2-9H,10-13H2,1H3,(H,20,23). The molecule has 1 aliphatic heterocycles. The second kappa shape index (κ2) is 7.77. The summed E-state index contributed by atoms with van der Waals surface area (Å²) >= 11 is 3.39. The number of sulfonamides is 1. The molecule has 26 heavy (non-hydrogen) atoms. The van der Waals surface area contributed by atoms with Gasteiger partial charge in [-0.3, -0.25) is 0 Å². The summed E-state index contributed by atoms with van der Waals surface area (Å²) in [5.41, 5.74) is 1.70. The summed E-state index contributed by atoms with van der Waals surface area (Å²) in [6.45, 7) is 3.17. The maximum Gasteiger partial charge on any atom is 0.321 e. The third-order valence-corrected chi connectivity index (χ3v) is 6.90. The van der Waals surface area contributed by atoms with Crippen LogP contribution in [0.15, 0.2) is 57.9 Å². The number of hydrogen-bond donors (Lipinski definition) is 1. The lowest BCUT2D eigenvalue weighted by atomic mass is 10.2. The molecule has 3 rings (SSSR count). The molecule has 1 heterocycles. The second-order valence-electron chi connectivity index (χ2n) is 6.11. The first-order chi connectivity index (χ1) is 12.4. The van der Waals surface area contributed by atoms with Crippen LogP contribution in [0.25, 0.3) is 0 Å². The van der Waals surface area contributed by atoms with Crippen LogP contribution < -0.4 is 5.32 Å². The van der Waals surface area contributed by atoms with E-state index in [9.17, 15) is 13.2 Å². The molecular weight excluding hydrogens is 418 g/mol. The molecule has 1 fully saturated rings. The monoisotopic (exact) mass is 437 g/mol. The molecule has 0 radical (unpaired) electrons. The minimum atomic E-state index is -3.53. The number of carbonyl (C=O) groups is 1. The molecule has 0 bridgehead atoms. The van der Waals surface area contributed by atoms with E-state index in [0.29, 0.717) is 18.8 Å². The number of aryl methyl sites for hydroxylation is 1. The Morgan fingerprint density at radius 3 is 2.23 bits per heavy atom. The molecule has 2 amide bonds. The highest BCUT2D eigenvalue weighted by molar-refractivity contribution is 9.10. The first kappa shape index (κ1) is 18.9. The highest BCUT2D eigenvalue weighted by Crippen LogP contribution is 2.22. The molecule has 0 aromatic heterocycles. The topological polar surface area (TPSA) is 69.7 Å². The van der Waals surface area contributed by atoms with E-state index in [1.165, 1.54) is 4.31 Å². The number of amides is 2. The molecule has 1 N–H and O–H groups in total. The summed E-state index contributed by atoms with van der Waals surface area (Å²) in [7, 11) is -3.53. The predicted octanol–water partition coefficient (Wildman–Crippen LogP) is 3.30. The minimum Gasteiger partial charge on any atom is -0.322 e. The van der Waals surface area contributed by atoms with Crippen LogP contribution in [0.3, 0.4) is 0 Å². The van der Waals surface area contributed by atoms with Crippen molar-refractivity contribution in [2.24, 2.45) is 0 Å². The maximum atomic E-state index is 12.7. The number of para-hydroxylation sites is 1. The summed E-state index contributed by atoms with van der Waals surface area (Å²) < 4.78 is 27.7. The van der Waals surface area contributed by atoms with E-state index in [2.05, 4.69) is 21.2 Å². The number of nitrogens with zero attached hydrogens (tertiary/aromatic N) is 2. The fourth-order valence-corrected chi connectivity index (χ4v) is 4.55. The number of piperazine rings is 1. The number of anilines is 1. The third-order valence-electron chi connectivity index (χ3n) is 4.30. The van der Waals surface area contributed by atoms with Crippen LogP contribution in [0.1, 0.15) is 5.56 Å². The number of benzene rings is 2. The zero-order chi connectivity index (χ0) is 18.7. The molecule has 2 aromatic carbocycles. The van der Waals surface area contributed by atoms with Gasteiger partial charge in [-0.2, -0.15) is 4.31 Å². The van der Waals surface area contributed by atoms with Crippen LogP contribution in [-0.4, -0.2) is 49.8 Å². The van der Waals surface area contributed by atoms with Gasteiger partial charge in [-0.25, -0.2) is 13.2 Å². The molecule has 0 aliphatic carbocycles. The van der Waals surface area contributed by atoms with Crippen molar-refractivity contribution < 1.29 is 13.2 Å². The minimum absolute atomic E-state index is 0.232. The van der Waals surface area contributed by atoms with E-state index < -0.39 is 10.0 Å². The van der Waals surface area contributed by atoms with Crippen molar-refractivity contribution >= 4 is 37.7 Å². The number of carbonyl (C=O) groups excluding carboxylic acids is 1. The van der Waals surface area contributed by atoms with E-state index in [-0.39, 0.29) is 24.0 Å². The van der Waals surface area contributed by atoms with Crippen LogP contribution >= 0.6 is 15.9 Å². The largest absolute Gasteiger partial charge is 0.322 e. The van der Waals surface area contributed by atoms with Crippen molar-refractivity contribution in [3.05, 3.63) is 58.6 Å². The lowest BCUT2D eigenvalue weighted by Crippen LogP contribution is -2.51. The van der Waals surface area contributed by atoms with Crippen molar-refractivity contribution in [2.75, 3.05) is 31.5 Å². The van der Waals surface area contributed by atoms with Crippen LogP contribution in [0.2, 0.25) is 0 Å². The van der Waals surface area contributed by atoms with Crippen LogP contribution in [0.5, 0.6) is 0 Å². The van der Waals surface area contributed by atoms with Crippen molar-refractivity contribution in [3.63, 3.8) is 0 Å². The van der Waals surface area contributed by atoms with Crippen molar-refractivity contribution in [3.8, 4) is 0 Å². The third kappa shape index (κ3) is 4.08. The van der Waals surface area contributed by atoms with Gasteiger partial charge in [0.1, 0.15) is 0 Å². The molecule has 0 spiro atoms. The molecular formula is C18H20BrN3O3S. The predicted molar refractivity (Wildman–Crippen MR) is 105 cm³/mol. The quantitative estimate of drug-likeness (QED) is 0.800. The van der Waals surface area contributed by atoms with Crippen molar-refractivity contribution in [2.45, 2.75) is 11.8 Å². The van der Waals surface area contributed by atoms with Gasteiger partial charge in [0.15, 0.2) is 0 Å². The van der Waals surface area contributed by atoms with Crippen LogP contribution in [0, 0.1) is 6.92 Å². The Kier molecular flexibility index (Phi) is 5.64. The van der Waals surface area contributed by atoms with E-state index in [4.69, 9.17) is 0 Å². The molecule has 1 aliphatic rings. The average molecular weight is 438 g/mol. The van der Waals surface area contributed by atoms with Gasteiger partial charge in [-0.05, 0) is 47.1 Å².